The maximum atomic E-state index is 12.6. The average molecular weight is 431 g/mol. The normalized spacial score (nSPS) is 11.3. The number of benzene rings is 2. The lowest BCUT2D eigenvalue weighted by atomic mass is 9.84. The molecule has 0 saturated heterocycles. The first kappa shape index (κ1) is 21.1. The van der Waals surface area contributed by atoms with E-state index in [4.69, 9.17) is 28.6 Å². The number of ether oxygens (including phenoxy) is 1. The van der Waals surface area contributed by atoms with Crippen LogP contribution in [-0.2, 0) is 16.8 Å². The SMILES string of the molecule is COc1ccc(-c2n[nH]c(=S)n2CC(=O)NCC(C)(C)c2ccc(Cl)cc2)cc1. The zero-order chi connectivity index (χ0) is 21.0. The number of hydrogen-bond donors (Lipinski definition) is 2. The molecular weight excluding hydrogens is 408 g/mol. The monoisotopic (exact) mass is 430 g/mol. The first-order chi connectivity index (χ1) is 13.8. The zero-order valence-corrected chi connectivity index (χ0v) is 18.1. The molecule has 3 rings (SSSR count). The Morgan fingerprint density at radius 1 is 1.21 bits per heavy atom. The molecule has 0 bridgehead atoms. The molecule has 0 unspecified atom stereocenters. The third kappa shape index (κ3) is 5.05. The molecule has 0 atom stereocenters. The maximum absolute atomic E-state index is 12.6. The molecule has 2 N–H and O–H groups in total. The summed E-state index contributed by atoms with van der Waals surface area (Å²) in [5, 5.41) is 10.7. The van der Waals surface area contributed by atoms with E-state index >= 15 is 0 Å². The molecule has 152 valence electrons. The van der Waals surface area contributed by atoms with Gasteiger partial charge < -0.3 is 10.1 Å². The number of H-pyrrole nitrogens is 1. The molecule has 1 amide bonds. The molecule has 2 aromatic carbocycles. The molecule has 0 aliphatic carbocycles. The summed E-state index contributed by atoms with van der Waals surface area (Å²) in [4.78, 5) is 12.6. The number of rotatable bonds is 7. The van der Waals surface area contributed by atoms with Gasteiger partial charge in [-0.15, -0.1) is 0 Å². The van der Waals surface area contributed by atoms with Crippen LogP contribution >= 0.6 is 23.8 Å². The minimum absolute atomic E-state index is 0.0768. The van der Waals surface area contributed by atoms with Gasteiger partial charge in [-0.3, -0.25) is 14.5 Å². The van der Waals surface area contributed by atoms with E-state index in [1.165, 1.54) is 0 Å². The van der Waals surface area contributed by atoms with Gasteiger partial charge in [-0.25, -0.2) is 0 Å². The van der Waals surface area contributed by atoms with E-state index in [9.17, 15) is 4.79 Å². The number of aromatic nitrogens is 3. The summed E-state index contributed by atoms with van der Waals surface area (Å²) in [6.07, 6.45) is 0. The lowest BCUT2D eigenvalue weighted by Gasteiger charge is -2.26. The summed E-state index contributed by atoms with van der Waals surface area (Å²) < 4.78 is 7.26. The second kappa shape index (κ2) is 8.80. The smallest absolute Gasteiger partial charge is 0.240 e. The number of nitrogens with one attached hydrogen (secondary N) is 2. The average Bonchev–Trinajstić information content (AvgIpc) is 3.07. The van der Waals surface area contributed by atoms with Gasteiger partial charge in [0.15, 0.2) is 10.6 Å². The number of hydrogen-bond acceptors (Lipinski definition) is 4. The van der Waals surface area contributed by atoms with Crippen molar-refractivity contribution in [2.45, 2.75) is 25.8 Å². The van der Waals surface area contributed by atoms with Gasteiger partial charge in [0.05, 0.1) is 7.11 Å². The lowest BCUT2D eigenvalue weighted by molar-refractivity contribution is -0.121. The molecule has 0 saturated carbocycles. The Hall–Kier alpha value is -2.64. The van der Waals surface area contributed by atoms with Crippen molar-refractivity contribution in [3.05, 3.63) is 63.9 Å². The fraction of sp³-hybridized carbons (Fsp3) is 0.286. The highest BCUT2D eigenvalue weighted by Crippen LogP contribution is 2.24. The van der Waals surface area contributed by atoms with Gasteiger partial charge in [0.1, 0.15) is 12.3 Å². The van der Waals surface area contributed by atoms with Crippen LogP contribution in [0.25, 0.3) is 11.4 Å². The number of methoxy groups -OCH3 is 1. The van der Waals surface area contributed by atoms with Gasteiger partial charge in [-0.1, -0.05) is 37.6 Å². The third-order valence-corrected chi connectivity index (χ3v) is 5.33. The Labute approximate surface area is 179 Å². The minimum atomic E-state index is -0.239. The van der Waals surface area contributed by atoms with Gasteiger partial charge >= 0.3 is 0 Å². The molecule has 0 aliphatic rings. The molecule has 1 aromatic heterocycles. The van der Waals surface area contributed by atoms with Crippen molar-refractivity contribution in [2.24, 2.45) is 0 Å². The van der Waals surface area contributed by atoms with E-state index in [0.29, 0.717) is 22.2 Å². The fourth-order valence-electron chi connectivity index (χ4n) is 2.95. The molecule has 8 heteroatoms. The molecule has 3 aromatic rings. The number of halogens is 1. The molecular formula is C21H23ClN4O2S. The van der Waals surface area contributed by atoms with Crippen LogP contribution in [0.1, 0.15) is 19.4 Å². The minimum Gasteiger partial charge on any atom is -0.497 e. The summed E-state index contributed by atoms with van der Waals surface area (Å²) in [6, 6.07) is 15.1. The Kier molecular flexibility index (Phi) is 6.39. The molecule has 0 aliphatic heterocycles. The number of nitrogens with zero attached hydrogens (tertiary/aromatic N) is 2. The van der Waals surface area contributed by atoms with Gasteiger partial charge in [-0.2, -0.15) is 5.10 Å². The van der Waals surface area contributed by atoms with Crippen LogP contribution in [-0.4, -0.2) is 34.3 Å². The highest BCUT2D eigenvalue weighted by Gasteiger charge is 2.22. The highest BCUT2D eigenvalue weighted by molar-refractivity contribution is 7.71. The molecule has 1 heterocycles. The number of amides is 1. The molecule has 0 radical (unpaired) electrons. The van der Waals surface area contributed by atoms with Crippen molar-refractivity contribution in [3.63, 3.8) is 0 Å². The van der Waals surface area contributed by atoms with Gasteiger partial charge in [0.2, 0.25) is 5.91 Å². The summed E-state index contributed by atoms with van der Waals surface area (Å²) in [7, 11) is 1.61. The van der Waals surface area contributed by atoms with Crippen molar-refractivity contribution in [2.75, 3.05) is 13.7 Å². The van der Waals surface area contributed by atoms with Crippen LogP contribution in [0.2, 0.25) is 5.02 Å². The first-order valence-electron chi connectivity index (χ1n) is 9.12. The van der Waals surface area contributed by atoms with Crippen molar-refractivity contribution in [3.8, 4) is 17.1 Å². The Bertz CT molecular complexity index is 1040. The standard InChI is InChI=1S/C21H23ClN4O2S/c1-21(2,15-6-8-16(22)9-7-15)13-23-18(27)12-26-19(24-25-20(26)29)14-4-10-17(28-3)11-5-14/h4-11H,12-13H2,1-3H3,(H,23,27)(H,25,29). The van der Waals surface area contributed by atoms with E-state index in [2.05, 4.69) is 29.4 Å². The highest BCUT2D eigenvalue weighted by atomic mass is 35.5. The molecule has 29 heavy (non-hydrogen) atoms. The Morgan fingerprint density at radius 2 is 1.86 bits per heavy atom. The Morgan fingerprint density at radius 3 is 2.48 bits per heavy atom. The van der Waals surface area contributed by atoms with Crippen LogP contribution < -0.4 is 10.1 Å². The largest absolute Gasteiger partial charge is 0.497 e. The van der Waals surface area contributed by atoms with Crippen LogP contribution in [0.4, 0.5) is 0 Å². The summed E-state index contributed by atoms with van der Waals surface area (Å²) >= 11 is 11.3. The van der Waals surface area contributed by atoms with Crippen LogP contribution in [0, 0.1) is 4.77 Å². The number of carbonyl (C=O) groups excluding carboxylic acids is 1. The van der Waals surface area contributed by atoms with Crippen molar-refractivity contribution >= 4 is 29.7 Å². The maximum Gasteiger partial charge on any atom is 0.240 e. The van der Waals surface area contributed by atoms with E-state index in [0.717, 1.165) is 16.9 Å². The quantitative estimate of drug-likeness (QED) is 0.546. The van der Waals surface area contributed by atoms with Crippen LogP contribution in [0.5, 0.6) is 5.75 Å². The lowest BCUT2D eigenvalue weighted by Crippen LogP contribution is -2.38. The molecule has 0 spiro atoms. The topological polar surface area (TPSA) is 71.9 Å². The van der Waals surface area contributed by atoms with Crippen LogP contribution in [0.15, 0.2) is 48.5 Å². The first-order valence-corrected chi connectivity index (χ1v) is 9.91. The summed E-state index contributed by atoms with van der Waals surface area (Å²) in [6.45, 7) is 4.70. The third-order valence-electron chi connectivity index (χ3n) is 4.76. The zero-order valence-electron chi connectivity index (χ0n) is 16.5. The Balaban J connectivity index is 1.70. The molecule has 0 fully saturated rings. The van der Waals surface area contributed by atoms with Crippen LogP contribution in [0.3, 0.4) is 0 Å². The number of carbonyl (C=O) groups is 1. The van der Waals surface area contributed by atoms with Gasteiger partial charge in [-0.05, 0) is 54.2 Å². The molecule has 6 nitrogen and oxygen atoms in total. The van der Waals surface area contributed by atoms with Crippen molar-refractivity contribution < 1.29 is 9.53 Å². The fourth-order valence-corrected chi connectivity index (χ4v) is 3.27. The second-order valence-electron chi connectivity index (χ2n) is 7.33. The van der Waals surface area contributed by atoms with Gasteiger partial charge in [0.25, 0.3) is 0 Å². The predicted octanol–water partition coefficient (Wildman–Crippen LogP) is 4.36. The van der Waals surface area contributed by atoms with E-state index < -0.39 is 0 Å². The number of aromatic amines is 1. The predicted molar refractivity (Wildman–Crippen MR) is 117 cm³/mol. The van der Waals surface area contributed by atoms with Crippen molar-refractivity contribution in [1.29, 1.82) is 0 Å². The summed E-state index contributed by atoms with van der Waals surface area (Å²) in [5.74, 6) is 1.21. The van der Waals surface area contributed by atoms with E-state index in [-0.39, 0.29) is 17.9 Å². The second-order valence-corrected chi connectivity index (χ2v) is 8.16. The summed E-state index contributed by atoms with van der Waals surface area (Å²) in [5.41, 5.74) is 1.70. The van der Waals surface area contributed by atoms with Crippen molar-refractivity contribution in [1.82, 2.24) is 20.1 Å². The van der Waals surface area contributed by atoms with Gasteiger partial charge in [0, 0.05) is 22.5 Å². The van der Waals surface area contributed by atoms with E-state index in [1.807, 2.05) is 48.5 Å². The van der Waals surface area contributed by atoms with E-state index in [1.54, 1.807) is 11.7 Å².